The fraction of sp³-hybridized carbons (Fsp3) is 0.688. The molecule has 1 fully saturated rings. The number of nitrogens with one attached hydrogen (secondary N) is 1. The van der Waals surface area contributed by atoms with E-state index in [-0.39, 0.29) is 12.1 Å². The van der Waals surface area contributed by atoms with E-state index in [4.69, 9.17) is 4.74 Å². The van der Waals surface area contributed by atoms with Crippen molar-refractivity contribution < 1.29 is 9.53 Å². The fourth-order valence-corrected chi connectivity index (χ4v) is 2.97. The molecule has 1 unspecified atom stereocenters. The predicted octanol–water partition coefficient (Wildman–Crippen LogP) is 0.801. The Bertz CT molecular complexity index is 633. The van der Waals surface area contributed by atoms with Gasteiger partial charge in [0.15, 0.2) is 5.96 Å². The van der Waals surface area contributed by atoms with Crippen LogP contribution in [0.1, 0.15) is 26.3 Å². The van der Waals surface area contributed by atoms with Gasteiger partial charge in [0, 0.05) is 45.0 Å². The minimum absolute atomic E-state index is 0.225. The van der Waals surface area contributed by atoms with Crippen LogP contribution in [0.3, 0.4) is 0 Å². The van der Waals surface area contributed by atoms with Crippen molar-refractivity contribution in [3.8, 4) is 0 Å². The minimum atomic E-state index is -0.461. The van der Waals surface area contributed by atoms with Crippen molar-refractivity contribution >= 4 is 12.1 Å². The lowest BCUT2D eigenvalue weighted by Crippen LogP contribution is -2.57. The van der Waals surface area contributed by atoms with Gasteiger partial charge in [0.2, 0.25) is 0 Å². The van der Waals surface area contributed by atoms with Gasteiger partial charge in [0.05, 0.1) is 18.8 Å². The first kappa shape index (κ1) is 16.6. The molecule has 0 radical (unpaired) electrons. The lowest BCUT2D eigenvalue weighted by atomic mass is 10.2. The van der Waals surface area contributed by atoms with Crippen LogP contribution in [0.15, 0.2) is 17.4 Å². The standard InChI is InChI=1S/C16H26N6O2/c1-16(2,3)24-15(23)21-5-6-22-13(11-21)9-18-14(22)17-7-12-8-19-20(4)10-12/h8,10,13H,5-7,9,11H2,1-4H3,(H,17,18). The summed E-state index contributed by atoms with van der Waals surface area (Å²) < 4.78 is 7.25. The van der Waals surface area contributed by atoms with Crippen molar-refractivity contribution in [3.63, 3.8) is 0 Å². The van der Waals surface area contributed by atoms with Gasteiger partial charge < -0.3 is 19.9 Å². The molecule has 8 nitrogen and oxygen atoms in total. The first-order valence-electron chi connectivity index (χ1n) is 8.32. The average Bonchev–Trinajstić information content (AvgIpc) is 3.08. The van der Waals surface area contributed by atoms with E-state index in [1.54, 1.807) is 9.58 Å². The Morgan fingerprint density at radius 3 is 2.88 bits per heavy atom. The summed E-state index contributed by atoms with van der Waals surface area (Å²) in [6.07, 6.45) is 3.60. The lowest BCUT2D eigenvalue weighted by molar-refractivity contribution is 0.0137. The summed E-state index contributed by atoms with van der Waals surface area (Å²) in [7, 11) is 1.91. The Balaban J connectivity index is 1.52. The fourth-order valence-electron chi connectivity index (χ4n) is 2.97. The van der Waals surface area contributed by atoms with Gasteiger partial charge in [-0.15, -0.1) is 0 Å². The minimum Gasteiger partial charge on any atom is -0.444 e. The van der Waals surface area contributed by atoms with Gasteiger partial charge >= 0.3 is 6.09 Å². The second-order valence-corrected chi connectivity index (χ2v) is 7.31. The Morgan fingerprint density at radius 1 is 1.42 bits per heavy atom. The molecule has 1 N–H and O–H groups in total. The number of rotatable bonds is 2. The number of hydrogen-bond donors (Lipinski definition) is 1. The van der Waals surface area contributed by atoms with Gasteiger partial charge in [-0.05, 0) is 20.8 Å². The summed E-state index contributed by atoms with van der Waals surface area (Å²) in [5.74, 6) is 0.910. The highest BCUT2D eigenvalue weighted by molar-refractivity contribution is 5.82. The second-order valence-electron chi connectivity index (χ2n) is 7.31. The van der Waals surface area contributed by atoms with Crippen LogP contribution in [0.25, 0.3) is 0 Å². The van der Waals surface area contributed by atoms with Crippen LogP contribution in [0.5, 0.6) is 0 Å². The van der Waals surface area contributed by atoms with Crippen molar-refractivity contribution in [2.75, 3.05) is 26.2 Å². The number of carbonyl (C=O) groups is 1. The number of guanidine groups is 1. The number of aliphatic imine (C=N–C) groups is 1. The van der Waals surface area contributed by atoms with E-state index in [2.05, 4.69) is 20.3 Å². The smallest absolute Gasteiger partial charge is 0.410 e. The molecule has 3 rings (SSSR count). The number of carbonyl (C=O) groups excluding carboxylic acids is 1. The summed E-state index contributed by atoms with van der Waals surface area (Å²) in [5, 5.41) is 7.55. The van der Waals surface area contributed by atoms with Crippen molar-refractivity contribution in [2.24, 2.45) is 12.0 Å². The Kier molecular flexibility index (Phi) is 4.38. The van der Waals surface area contributed by atoms with Crippen LogP contribution in [-0.4, -0.2) is 69.5 Å². The normalized spacial score (nSPS) is 20.7. The maximum absolute atomic E-state index is 12.2. The molecule has 24 heavy (non-hydrogen) atoms. The predicted molar refractivity (Wildman–Crippen MR) is 90.7 cm³/mol. The Hall–Kier alpha value is -2.25. The van der Waals surface area contributed by atoms with Crippen molar-refractivity contribution in [3.05, 3.63) is 18.0 Å². The molecule has 3 heterocycles. The van der Waals surface area contributed by atoms with Gasteiger partial charge in [-0.25, -0.2) is 4.79 Å². The molecule has 1 aromatic rings. The number of nitrogens with zero attached hydrogens (tertiary/aromatic N) is 5. The van der Waals surface area contributed by atoms with Crippen LogP contribution in [-0.2, 0) is 18.3 Å². The van der Waals surface area contributed by atoms with E-state index >= 15 is 0 Å². The molecule has 8 heteroatoms. The summed E-state index contributed by atoms with van der Waals surface area (Å²) in [6.45, 7) is 9.14. The molecule has 132 valence electrons. The van der Waals surface area contributed by atoms with Crippen LogP contribution in [0.4, 0.5) is 4.79 Å². The van der Waals surface area contributed by atoms with E-state index in [1.807, 2.05) is 40.2 Å². The highest BCUT2D eigenvalue weighted by atomic mass is 16.6. The van der Waals surface area contributed by atoms with Crippen molar-refractivity contribution in [2.45, 2.75) is 39.0 Å². The molecular weight excluding hydrogens is 308 g/mol. The molecule has 0 aliphatic carbocycles. The topological polar surface area (TPSA) is 75.0 Å². The largest absolute Gasteiger partial charge is 0.444 e. The molecular formula is C16H26N6O2. The highest BCUT2D eigenvalue weighted by Gasteiger charge is 2.36. The van der Waals surface area contributed by atoms with E-state index in [9.17, 15) is 4.79 Å². The molecule has 1 aromatic heterocycles. The molecule has 1 amide bonds. The molecule has 1 atom stereocenters. The van der Waals surface area contributed by atoms with Gasteiger partial charge in [-0.2, -0.15) is 5.10 Å². The SMILES string of the molecule is Cn1cc(CNC2=NCC3CN(C(=O)OC(C)(C)C)CCN23)cn1. The third-order valence-corrected chi connectivity index (χ3v) is 4.07. The molecule has 1 saturated heterocycles. The quantitative estimate of drug-likeness (QED) is 0.866. The van der Waals surface area contributed by atoms with E-state index in [0.717, 1.165) is 18.1 Å². The summed E-state index contributed by atoms with van der Waals surface area (Å²) in [4.78, 5) is 20.8. The number of aromatic nitrogens is 2. The third-order valence-electron chi connectivity index (χ3n) is 4.07. The van der Waals surface area contributed by atoms with Gasteiger partial charge in [0.1, 0.15) is 5.60 Å². The zero-order chi connectivity index (χ0) is 17.3. The number of piperazine rings is 1. The zero-order valence-corrected chi connectivity index (χ0v) is 14.8. The van der Waals surface area contributed by atoms with Crippen LogP contribution < -0.4 is 5.32 Å². The molecule has 0 saturated carbocycles. The second kappa shape index (κ2) is 6.33. The Labute approximate surface area is 142 Å². The maximum atomic E-state index is 12.2. The molecule has 0 aromatic carbocycles. The zero-order valence-electron chi connectivity index (χ0n) is 14.8. The Morgan fingerprint density at radius 2 is 2.21 bits per heavy atom. The summed E-state index contributed by atoms with van der Waals surface area (Å²) in [5.41, 5.74) is 0.660. The van der Waals surface area contributed by atoms with Crippen molar-refractivity contribution in [1.29, 1.82) is 0 Å². The van der Waals surface area contributed by atoms with Crippen molar-refractivity contribution in [1.82, 2.24) is 24.9 Å². The average molecular weight is 334 g/mol. The molecule has 0 bridgehead atoms. The third kappa shape index (κ3) is 3.80. The van der Waals surface area contributed by atoms with Crippen LogP contribution >= 0.6 is 0 Å². The number of ether oxygens (including phenoxy) is 1. The summed E-state index contributed by atoms with van der Waals surface area (Å²) in [6, 6.07) is 0.225. The highest BCUT2D eigenvalue weighted by Crippen LogP contribution is 2.18. The van der Waals surface area contributed by atoms with E-state index < -0.39 is 5.60 Å². The van der Waals surface area contributed by atoms with E-state index in [0.29, 0.717) is 26.2 Å². The summed E-state index contributed by atoms with van der Waals surface area (Å²) >= 11 is 0. The number of amides is 1. The van der Waals surface area contributed by atoms with Crippen LogP contribution in [0.2, 0.25) is 0 Å². The number of aryl methyl sites for hydroxylation is 1. The first-order valence-corrected chi connectivity index (χ1v) is 8.32. The van der Waals surface area contributed by atoms with E-state index in [1.165, 1.54) is 0 Å². The molecule has 2 aliphatic rings. The molecule has 0 spiro atoms. The number of hydrogen-bond acceptors (Lipinski definition) is 6. The first-order chi connectivity index (χ1) is 11.3. The van der Waals surface area contributed by atoms with Gasteiger partial charge in [-0.1, -0.05) is 0 Å². The van der Waals surface area contributed by atoms with Gasteiger partial charge in [-0.3, -0.25) is 9.67 Å². The van der Waals surface area contributed by atoms with Crippen LogP contribution in [0, 0.1) is 0 Å². The number of fused-ring (bicyclic) bond motifs is 1. The monoisotopic (exact) mass is 334 g/mol. The van der Waals surface area contributed by atoms with Gasteiger partial charge in [0.25, 0.3) is 0 Å². The molecule has 2 aliphatic heterocycles. The maximum Gasteiger partial charge on any atom is 0.410 e. The lowest BCUT2D eigenvalue weighted by Gasteiger charge is -2.39.